The Morgan fingerprint density at radius 2 is 1.97 bits per heavy atom. The molecule has 3 aromatic heterocycles. The number of carbonyl (C=O) groups excluding carboxylic acids is 2. The van der Waals surface area contributed by atoms with Crippen LogP contribution in [0.4, 0.5) is 5.69 Å². The minimum absolute atomic E-state index is 0.189. The number of hydrogen-bond donors (Lipinski definition) is 2. The van der Waals surface area contributed by atoms with Crippen LogP contribution in [-0.2, 0) is 0 Å². The van der Waals surface area contributed by atoms with Gasteiger partial charge in [0.1, 0.15) is 0 Å². The van der Waals surface area contributed by atoms with Gasteiger partial charge in [-0.25, -0.2) is 4.98 Å². The maximum absolute atomic E-state index is 13.4. The van der Waals surface area contributed by atoms with Gasteiger partial charge in [-0.05, 0) is 58.7 Å². The minimum atomic E-state index is -0.461. The van der Waals surface area contributed by atoms with E-state index >= 15 is 0 Å². The van der Waals surface area contributed by atoms with Crippen molar-refractivity contribution in [3.05, 3.63) is 81.4 Å². The molecule has 1 aromatic carbocycles. The number of nitrogens with zero attached hydrogens (tertiary/aromatic N) is 3. The van der Waals surface area contributed by atoms with Gasteiger partial charge in [0, 0.05) is 40.7 Å². The summed E-state index contributed by atoms with van der Waals surface area (Å²) in [5, 5.41) is 5.83. The van der Waals surface area contributed by atoms with Crippen LogP contribution in [0.15, 0.2) is 59.6 Å². The van der Waals surface area contributed by atoms with Gasteiger partial charge in [0.15, 0.2) is 5.69 Å². The van der Waals surface area contributed by atoms with Crippen molar-refractivity contribution in [1.82, 2.24) is 19.7 Å². The van der Waals surface area contributed by atoms with Crippen LogP contribution in [0.25, 0.3) is 16.8 Å². The van der Waals surface area contributed by atoms with Crippen molar-refractivity contribution in [1.29, 1.82) is 0 Å². The number of anilines is 1. The molecule has 7 nitrogen and oxygen atoms in total. The lowest BCUT2D eigenvalue weighted by Gasteiger charge is -2.16. The van der Waals surface area contributed by atoms with Crippen molar-refractivity contribution in [2.75, 3.05) is 12.4 Å². The molecule has 0 fully saturated rings. The van der Waals surface area contributed by atoms with E-state index in [0.717, 1.165) is 9.99 Å². The highest BCUT2D eigenvalue weighted by molar-refractivity contribution is 9.10. The summed E-state index contributed by atoms with van der Waals surface area (Å²) in [5.74, 6) is -0.818. The highest BCUT2D eigenvalue weighted by atomic mass is 79.9. The van der Waals surface area contributed by atoms with Crippen molar-refractivity contribution < 1.29 is 9.59 Å². The van der Waals surface area contributed by atoms with Crippen LogP contribution in [-0.4, -0.2) is 33.2 Å². The maximum Gasteiger partial charge on any atom is 0.276 e. The number of nitrogens with one attached hydrogen (secondary N) is 2. The summed E-state index contributed by atoms with van der Waals surface area (Å²) in [5.41, 5.74) is 3.61. The Hall–Kier alpha value is -3.23. The summed E-state index contributed by atoms with van der Waals surface area (Å²) >= 11 is 9.67. The molecular weight excluding hydrogens is 482 g/mol. The first-order valence-corrected chi connectivity index (χ1v) is 10.5. The topological polar surface area (TPSA) is 88.4 Å². The summed E-state index contributed by atoms with van der Waals surface area (Å²) < 4.78 is 2.64. The van der Waals surface area contributed by atoms with E-state index in [1.165, 1.54) is 13.1 Å². The molecule has 0 radical (unpaired) electrons. The number of rotatable bonds is 4. The van der Waals surface area contributed by atoms with Crippen LogP contribution in [0.5, 0.6) is 0 Å². The van der Waals surface area contributed by atoms with E-state index in [2.05, 4.69) is 36.5 Å². The predicted molar refractivity (Wildman–Crippen MR) is 124 cm³/mol. The van der Waals surface area contributed by atoms with Crippen LogP contribution in [0.3, 0.4) is 0 Å². The second-order valence-corrected chi connectivity index (χ2v) is 8.08. The molecule has 2 N–H and O–H groups in total. The van der Waals surface area contributed by atoms with Crippen molar-refractivity contribution in [3.63, 3.8) is 0 Å². The molecule has 3 heterocycles. The molecule has 0 unspecified atom stereocenters. The van der Waals surface area contributed by atoms with Crippen molar-refractivity contribution in [2.45, 2.75) is 6.92 Å². The Morgan fingerprint density at radius 3 is 2.71 bits per heavy atom. The number of carbonyl (C=O) groups is 2. The molecule has 31 heavy (non-hydrogen) atoms. The maximum atomic E-state index is 13.4. The molecule has 0 aliphatic heterocycles. The normalized spacial score (nSPS) is 10.8. The number of aromatic nitrogens is 3. The summed E-state index contributed by atoms with van der Waals surface area (Å²) in [4.78, 5) is 34.4. The molecular formula is C22H17BrClN5O2. The van der Waals surface area contributed by atoms with Gasteiger partial charge in [-0.2, -0.15) is 0 Å². The van der Waals surface area contributed by atoms with Gasteiger partial charge in [-0.15, -0.1) is 0 Å². The molecule has 0 atom stereocenters. The lowest BCUT2D eigenvalue weighted by molar-refractivity contribution is 0.0964. The smallest absolute Gasteiger partial charge is 0.276 e. The molecule has 9 heteroatoms. The quantitative estimate of drug-likeness (QED) is 0.426. The fraction of sp³-hybridized carbons (Fsp3) is 0.0909. The fourth-order valence-electron chi connectivity index (χ4n) is 3.38. The number of fused-ring (bicyclic) bond motifs is 1. The first-order chi connectivity index (χ1) is 14.9. The van der Waals surface area contributed by atoms with Crippen LogP contribution in [0.2, 0.25) is 5.02 Å². The summed E-state index contributed by atoms with van der Waals surface area (Å²) in [6.07, 6.45) is 6.80. The van der Waals surface area contributed by atoms with E-state index in [0.29, 0.717) is 27.5 Å². The van der Waals surface area contributed by atoms with Crippen LogP contribution >= 0.6 is 27.5 Å². The number of amides is 2. The zero-order valence-electron chi connectivity index (χ0n) is 16.6. The molecule has 2 amide bonds. The minimum Gasteiger partial charge on any atom is -0.355 e. The Bertz CT molecular complexity index is 1330. The number of pyridine rings is 1. The van der Waals surface area contributed by atoms with Gasteiger partial charge in [0.2, 0.25) is 0 Å². The Morgan fingerprint density at radius 1 is 1.16 bits per heavy atom. The van der Waals surface area contributed by atoms with Gasteiger partial charge in [-0.3, -0.25) is 14.6 Å². The van der Waals surface area contributed by atoms with E-state index in [1.54, 1.807) is 37.6 Å². The van der Waals surface area contributed by atoms with E-state index in [4.69, 9.17) is 11.6 Å². The second kappa shape index (κ2) is 8.49. The van der Waals surface area contributed by atoms with Crippen molar-refractivity contribution >= 4 is 50.5 Å². The number of aryl methyl sites for hydroxylation is 1. The second-order valence-electron chi connectivity index (χ2n) is 6.79. The Labute approximate surface area is 191 Å². The number of halogens is 2. The lowest BCUT2D eigenvalue weighted by atomic mass is 10.1. The number of hydrogen-bond acceptors (Lipinski definition) is 4. The highest BCUT2D eigenvalue weighted by Gasteiger charge is 2.23. The van der Waals surface area contributed by atoms with E-state index in [9.17, 15) is 9.59 Å². The Balaban J connectivity index is 1.87. The van der Waals surface area contributed by atoms with Gasteiger partial charge < -0.3 is 15.0 Å². The molecule has 0 aliphatic carbocycles. The molecule has 0 aliphatic rings. The molecule has 0 saturated carbocycles. The standard InChI is InChI=1S/C22H17BrClN5O2/c1-12-8-13(24)9-15(21(30)25-2)18(12)28-22(31)19-20(16-11-26-6-5-17(16)23)29-7-3-4-14(29)10-27-19/h3-11H,1-2H3,(H,25,30)(H,28,31). The average Bonchev–Trinajstić information content (AvgIpc) is 3.23. The summed E-state index contributed by atoms with van der Waals surface area (Å²) in [6, 6.07) is 8.77. The van der Waals surface area contributed by atoms with Crippen LogP contribution in [0, 0.1) is 6.92 Å². The molecule has 4 aromatic rings. The number of benzene rings is 1. The molecule has 156 valence electrons. The molecule has 0 bridgehead atoms. The third-order valence-corrected chi connectivity index (χ3v) is 5.73. The monoisotopic (exact) mass is 497 g/mol. The van der Waals surface area contributed by atoms with Crippen molar-refractivity contribution in [2.24, 2.45) is 0 Å². The van der Waals surface area contributed by atoms with Crippen LogP contribution in [0.1, 0.15) is 26.4 Å². The molecule has 0 saturated heterocycles. The van der Waals surface area contributed by atoms with Gasteiger partial charge in [0.25, 0.3) is 11.8 Å². The third-order valence-electron chi connectivity index (χ3n) is 4.82. The lowest BCUT2D eigenvalue weighted by Crippen LogP contribution is -2.23. The first-order valence-electron chi connectivity index (χ1n) is 9.30. The Kier molecular flexibility index (Phi) is 5.75. The summed E-state index contributed by atoms with van der Waals surface area (Å²) in [6.45, 7) is 1.77. The van der Waals surface area contributed by atoms with E-state index in [1.807, 2.05) is 22.7 Å². The molecule has 0 spiro atoms. The van der Waals surface area contributed by atoms with Gasteiger partial charge in [-0.1, -0.05) is 11.6 Å². The van der Waals surface area contributed by atoms with Gasteiger partial charge >= 0.3 is 0 Å². The largest absolute Gasteiger partial charge is 0.355 e. The zero-order chi connectivity index (χ0) is 22.1. The predicted octanol–water partition coefficient (Wildman–Crippen LogP) is 4.73. The zero-order valence-corrected chi connectivity index (χ0v) is 19.0. The SMILES string of the molecule is CNC(=O)c1cc(Cl)cc(C)c1NC(=O)c1ncc2cccn2c1-c1cnccc1Br. The van der Waals surface area contributed by atoms with E-state index < -0.39 is 5.91 Å². The molecule has 4 rings (SSSR count). The highest BCUT2D eigenvalue weighted by Crippen LogP contribution is 2.32. The summed E-state index contributed by atoms with van der Waals surface area (Å²) in [7, 11) is 1.52. The average molecular weight is 499 g/mol. The third kappa shape index (κ3) is 3.92. The van der Waals surface area contributed by atoms with Crippen LogP contribution < -0.4 is 10.6 Å². The van der Waals surface area contributed by atoms with Crippen molar-refractivity contribution in [3.8, 4) is 11.3 Å². The van der Waals surface area contributed by atoms with E-state index in [-0.39, 0.29) is 17.2 Å². The first kappa shape index (κ1) is 21.0. The fourth-order valence-corrected chi connectivity index (χ4v) is 4.06. The van der Waals surface area contributed by atoms with Gasteiger partial charge in [0.05, 0.1) is 28.7 Å².